The summed E-state index contributed by atoms with van der Waals surface area (Å²) < 4.78 is 13.0. The number of hydrogen-bond acceptors (Lipinski definition) is 2. The summed E-state index contributed by atoms with van der Waals surface area (Å²) in [7, 11) is 0. The van der Waals surface area contributed by atoms with Gasteiger partial charge in [-0.3, -0.25) is 9.59 Å². The predicted octanol–water partition coefficient (Wildman–Crippen LogP) is 0.339. The Kier molecular flexibility index (Phi) is 7.52. The molecular weight excluding hydrogens is 285 g/mol. The molecule has 0 fully saturated rings. The number of rotatable bonds is 8. The second-order valence-electron chi connectivity index (χ2n) is 5.49. The van der Waals surface area contributed by atoms with E-state index >= 15 is 0 Å². The Morgan fingerprint density at radius 1 is 1.14 bits per heavy atom. The van der Waals surface area contributed by atoms with Gasteiger partial charge in [0.15, 0.2) is 6.54 Å². The molecule has 1 aromatic rings. The van der Waals surface area contributed by atoms with E-state index in [1.165, 1.54) is 12.1 Å². The molecule has 1 atom stereocenters. The lowest BCUT2D eigenvalue weighted by Gasteiger charge is -2.19. The van der Waals surface area contributed by atoms with Crippen molar-refractivity contribution in [2.45, 2.75) is 26.8 Å². The number of amides is 2. The van der Waals surface area contributed by atoms with Crippen LogP contribution in [0.1, 0.15) is 32.4 Å². The lowest BCUT2D eigenvalue weighted by Crippen LogP contribution is -2.88. The third kappa shape index (κ3) is 6.22. The van der Waals surface area contributed by atoms with Gasteiger partial charge in [-0.2, -0.15) is 0 Å². The molecule has 5 nitrogen and oxygen atoms in total. The van der Waals surface area contributed by atoms with Crippen molar-refractivity contribution in [3.05, 3.63) is 35.6 Å². The largest absolute Gasteiger partial charge is 0.355 e. The van der Waals surface area contributed by atoms with E-state index in [0.29, 0.717) is 12.5 Å². The van der Waals surface area contributed by atoms with Gasteiger partial charge in [0.1, 0.15) is 11.9 Å². The quantitative estimate of drug-likeness (QED) is 0.648. The van der Waals surface area contributed by atoms with Crippen LogP contribution in [0.3, 0.4) is 0 Å². The Morgan fingerprint density at radius 2 is 1.77 bits per heavy atom. The van der Waals surface area contributed by atoms with Crippen LogP contribution in [0.2, 0.25) is 0 Å². The fourth-order valence-electron chi connectivity index (χ4n) is 2.22. The number of halogens is 1. The van der Waals surface area contributed by atoms with Crippen molar-refractivity contribution in [1.82, 2.24) is 10.6 Å². The fourth-order valence-corrected chi connectivity index (χ4v) is 2.22. The average molecular weight is 310 g/mol. The molecule has 0 spiro atoms. The molecule has 1 rings (SSSR count). The van der Waals surface area contributed by atoms with E-state index in [-0.39, 0.29) is 36.8 Å². The van der Waals surface area contributed by atoms with E-state index in [0.717, 1.165) is 5.56 Å². The number of carbonyl (C=O) groups is 2. The Hall–Kier alpha value is -1.95. The monoisotopic (exact) mass is 310 g/mol. The molecule has 0 aromatic heterocycles. The summed E-state index contributed by atoms with van der Waals surface area (Å²) in [6.07, 6.45) is 0. The van der Waals surface area contributed by atoms with Crippen LogP contribution in [-0.4, -0.2) is 31.4 Å². The third-order valence-electron chi connectivity index (χ3n) is 3.35. The van der Waals surface area contributed by atoms with Gasteiger partial charge in [-0.25, -0.2) is 4.39 Å². The smallest absolute Gasteiger partial charge is 0.275 e. The zero-order valence-electron chi connectivity index (χ0n) is 13.4. The molecule has 4 N–H and O–H groups in total. The minimum absolute atomic E-state index is 0.0105. The van der Waals surface area contributed by atoms with Crippen LogP contribution >= 0.6 is 0 Å². The van der Waals surface area contributed by atoms with Crippen LogP contribution in [0.4, 0.5) is 4.39 Å². The number of nitrogens with two attached hydrogens (primary N) is 1. The van der Waals surface area contributed by atoms with E-state index in [1.807, 2.05) is 12.2 Å². The summed E-state index contributed by atoms with van der Waals surface area (Å²) in [5.41, 5.74) is 0.980. The summed E-state index contributed by atoms with van der Waals surface area (Å²) in [6.45, 7) is 6.68. The van der Waals surface area contributed by atoms with Crippen molar-refractivity contribution in [1.29, 1.82) is 0 Å². The summed E-state index contributed by atoms with van der Waals surface area (Å²) in [5, 5.41) is 7.10. The molecule has 122 valence electrons. The second kappa shape index (κ2) is 9.15. The molecular formula is C16H25FN3O2+. The molecule has 0 bridgehead atoms. The van der Waals surface area contributed by atoms with Crippen molar-refractivity contribution in [2.75, 3.05) is 19.6 Å². The fraction of sp³-hybridized carbons (Fsp3) is 0.500. The van der Waals surface area contributed by atoms with Crippen molar-refractivity contribution < 1.29 is 19.3 Å². The van der Waals surface area contributed by atoms with Crippen LogP contribution in [-0.2, 0) is 9.59 Å². The van der Waals surface area contributed by atoms with Gasteiger partial charge in [0.05, 0.1) is 6.54 Å². The third-order valence-corrected chi connectivity index (χ3v) is 3.35. The summed E-state index contributed by atoms with van der Waals surface area (Å²) in [6, 6.07) is 6.39. The maximum Gasteiger partial charge on any atom is 0.275 e. The van der Waals surface area contributed by atoms with E-state index in [9.17, 15) is 14.0 Å². The van der Waals surface area contributed by atoms with Crippen molar-refractivity contribution in [3.63, 3.8) is 0 Å². The first-order valence-electron chi connectivity index (χ1n) is 7.56. The van der Waals surface area contributed by atoms with E-state index in [1.54, 1.807) is 12.1 Å². The first kappa shape index (κ1) is 18.1. The van der Waals surface area contributed by atoms with E-state index in [2.05, 4.69) is 24.5 Å². The van der Waals surface area contributed by atoms with Crippen LogP contribution in [0.5, 0.6) is 0 Å². The summed E-state index contributed by atoms with van der Waals surface area (Å²) in [4.78, 5) is 23.1. The average Bonchev–Trinajstić information content (AvgIpc) is 2.47. The summed E-state index contributed by atoms with van der Waals surface area (Å²) >= 11 is 0. The molecule has 0 saturated carbocycles. The maximum atomic E-state index is 13.0. The number of hydrogen-bond donors (Lipinski definition) is 3. The first-order chi connectivity index (χ1) is 10.4. The van der Waals surface area contributed by atoms with Gasteiger partial charge in [-0.05, 0) is 19.1 Å². The standard InChI is InChI=1S/C16H24FN3O2/c1-4-18-14(21)9-19-15(22)10-20-16(11(2)3)12-5-7-13(17)8-6-12/h5-8,11,16,20H,4,9-10H2,1-3H3,(H,18,21)(H,19,22)/p+1/t16-/m0/s1. The second-order valence-corrected chi connectivity index (χ2v) is 5.49. The van der Waals surface area contributed by atoms with Crippen molar-refractivity contribution in [2.24, 2.45) is 5.92 Å². The molecule has 0 heterocycles. The SMILES string of the molecule is CCNC(=O)CNC(=O)C[NH2+][C@H](c1ccc(F)cc1)C(C)C. The summed E-state index contributed by atoms with van der Waals surface area (Å²) in [5.74, 6) is -0.374. The maximum absolute atomic E-state index is 13.0. The highest BCUT2D eigenvalue weighted by Gasteiger charge is 2.20. The minimum atomic E-state index is -0.272. The molecule has 1 aromatic carbocycles. The number of quaternary nitrogens is 1. The molecule has 0 aliphatic heterocycles. The normalized spacial score (nSPS) is 12.0. The van der Waals surface area contributed by atoms with Crippen molar-refractivity contribution >= 4 is 11.8 Å². The van der Waals surface area contributed by atoms with Crippen LogP contribution < -0.4 is 16.0 Å². The van der Waals surface area contributed by atoms with Gasteiger partial charge in [-0.15, -0.1) is 0 Å². The van der Waals surface area contributed by atoms with Gasteiger partial charge < -0.3 is 16.0 Å². The minimum Gasteiger partial charge on any atom is -0.355 e. The van der Waals surface area contributed by atoms with Gasteiger partial charge in [0.2, 0.25) is 5.91 Å². The Balaban J connectivity index is 2.49. The number of carbonyl (C=O) groups excluding carboxylic acids is 2. The lowest BCUT2D eigenvalue weighted by molar-refractivity contribution is -0.692. The highest BCUT2D eigenvalue weighted by atomic mass is 19.1. The van der Waals surface area contributed by atoms with E-state index in [4.69, 9.17) is 0 Å². The lowest BCUT2D eigenvalue weighted by atomic mass is 9.96. The van der Waals surface area contributed by atoms with Gasteiger partial charge in [0, 0.05) is 18.0 Å². The molecule has 0 radical (unpaired) electrons. The zero-order chi connectivity index (χ0) is 16.5. The molecule has 22 heavy (non-hydrogen) atoms. The van der Waals surface area contributed by atoms with Crippen LogP contribution in [0.25, 0.3) is 0 Å². The molecule has 0 saturated heterocycles. The van der Waals surface area contributed by atoms with Gasteiger partial charge >= 0.3 is 0 Å². The van der Waals surface area contributed by atoms with Crippen LogP contribution in [0.15, 0.2) is 24.3 Å². The van der Waals surface area contributed by atoms with Gasteiger partial charge in [-0.1, -0.05) is 26.0 Å². The molecule has 6 heteroatoms. The highest BCUT2D eigenvalue weighted by Crippen LogP contribution is 2.17. The molecule has 0 aliphatic carbocycles. The number of likely N-dealkylation sites (N-methyl/N-ethyl adjacent to an activating group) is 1. The molecule has 0 aliphatic rings. The van der Waals surface area contributed by atoms with E-state index < -0.39 is 0 Å². The Bertz CT molecular complexity index is 489. The predicted molar refractivity (Wildman–Crippen MR) is 82.5 cm³/mol. The molecule has 2 amide bonds. The highest BCUT2D eigenvalue weighted by molar-refractivity contribution is 5.84. The topological polar surface area (TPSA) is 74.8 Å². The number of nitrogens with one attached hydrogen (secondary N) is 2. The Morgan fingerprint density at radius 3 is 2.32 bits per heavy atom. The van der Waals surface area contributed by atoms with Crippen molar-refractivity contribution in [3.8, 4) is 0 Å². The van der Waals surface area contributed by atoms with Gasteiger partial charge in [0.25, 0.3) is 5.91 Å². The first-order valence-corrected chi connectivity index (χ1v) is 7.56. The van der Waals surface area contributed by atoms with Crippen LogP contribution in [0, 0.1) is 11.7 Å². The molecule has 0 unspecified atom stereocenters. The Labute approximate surface area is 130 Å². The zero-order valence-corrected chi connectivity index (χ0v) is 13.4. The number of benzene rings is 1.